The number of aromatic nitrogens is 1. The Kier molecular flexibility index (Phi) is 3.93. The lowest BCUT2D eigenvalue weighted by molar-refractivity contribution is 1.20. The van der Waals surface area contributed by atoms with Gasteiger partial charge in [-0.05, 0) is 37.6 Å². The first-order valence-electron chi connectivity index (χ1n) is 7.10. The molecule has 21 heavy (non-hydrogen) atoms. The molecule has 0 radical (unpaired) electrons. The predicted molar refractivity (Wildman–Crippen MR) is 93.8 cm³/mol. The summed E-state index contributed by atoms with van der Waals surface area (Å²) in [6.45, 7) is 5.14. The first-order valence-corrected chi connectivity index (χ1v) is 7.89. The number of fused-ring (bicyclic) bond motifs is 1. The molecule has 0 aliphatic rings. The number of hydrogen-bond acceptors (Lipinski definition) is 2. The number of nitrogens with zero attached hydrogens (tertiary/aromatic N) is 1. The molecule has 3 rings (SSSR count). The second-order valence-corrected chi connectivity index (χ2v) is 5.93. The maximum absolute atomic E-state index is 4.87. The maximum atomic E-state index is 4.87. The Hall–Kier alpha value is -1.87. The smallest absolute Gasteiger partial charge is 0.0759 e. The van der Waals surface area contributed by atoms with Crippen LogP contribution in [0.3, 0.4) is 0 Å². The fourth-order valence-electron chi connectivity index (χ4n) is 2.61. The van der Waals surface area contributed by atoms with Gasteiger partial charge in [0, 0.05) is 27.7 Å². The second kappa shape index (κ2) is 5.86. The van der Waals surface area contributed by atoms with Gasteiger partial charge in [0.15, 0.2) is 0 Å². The minimum Gasteiger partial charge on any atom is -0.384 e. The highest BCUT2D eigenvalue weighted by molar-refractivity contribution is 9.10. The predicted octanol–water partition coefficient (Wildman–Crippen LogP) is 5.40. The number of rotatable bonds is 3. The summed E-state index contributed by atoms with van der Waals surface area (Å²) in [6.07, 6.45) is 0. The van der Waals surface area contributed by atoms with E-state index in [2.05, 4.69) is 71.5 Å². The Morgan fingerprint density at radius 2 is 1.86 bits per heavy atom. The highest BCUT2D eigenvalue weighted by atomic mass is 79.9. The van der Waals surface area contributed by atoms with Crippen LogP contribution in [0.15, 0.2) is 53.0 Å². The first-order chi connectivity index (χ1) is 10.2. The van der Waals surface area contributed by atoms with Gasteiger partial charge < -0.3 is 5.32 Å². The summed E-state index contributed by atoms with van der Waals surface area (Å²) in [5, 5.41) is 4.65. The van der Waals surface area contributed by atoms with Crippen LogP contribution in [-0.4, -0.2) is 11.5 Å². The molecule has 0 atom stereocenters. The lowest BCUT2D eigenvalue weighted by Gasteiger charge is -2.15. The Labute approximate surface area is 133 Å². The van der Waals surface area contributed by atoms with Crippen LogP contribution in [0.4, 0.5) is 5.69 Å². The average Bonchev–Trinajstić information content (AvgIpc) is 2.51. The molecule has 1 N–H and O–H groups in total. The number of pyridine rings is 1. The van der Waals surface area contributed by atoms with Crippen LogP contribution in [0.5, 0.6) is 0 Å². The van der Waals surface area contributed by atoms with E-state index in [-0.39, 0.29) is 0 Å². The molecule has 1 aromatic heterocycles. The first kappa shape index (κ1) is 14.1. The van der Waals surface area contributed by atoms with Crippen LogP contribution in [0.1, 0.15) is 12.5 Å². The summed E-state index contributed by atoms with van der Waals surface area (Å²) in [4.78, 5) is 4.87. The fraction of sp³-hybridized carbons (Fsp3) is 0.167. The molecule has 106 valence electrons. The van der Waals surface area contributed by atoms with E-state index in [1.54, 1.807) is 0 Å². The van der Waals surface area contributed by atoms with Crippen molar-refractivity contribution in [2.45, 2.75) is 13.8 Å². The van der Waals surface area contributed by atoms with Crippen LogP contribution >= 0.6 is 15.9 Å². The standard InChI is InChI=1S/C18H17BrN2/c1-3-20-18-12(2)17(13-7-5-4-6-8-13)21-16-10-9-14(19)11-15(16)18/h4-11H,3H2,1-2H3,(H,20,21). The van der Waals surface area contributed by atoms with E-state index in [0.29, 0.717) is 0 Å². The SMILES string of the molecule is CCNc1c(C)c(-c2ccccc2)nc2ccc(Br)cc12. The molecule has 0 amide bonds. The Bertz CT molecular complexity index is 782. The monoisotopic (exact) mass is 340 g/mol. The molecule has 3 heteroatoms. The normalized spacial score (nSPS) is 10.8. The molecule has 0 unspecified atom stereocenters. The van der Waals surface area contributed by atoms with Gasteiger partial charge in [-0.3, -0.25) is 0 Å². The quantitative estimate of drug-likeness (QED) is 0.689. The van der Waals surface area contributed by atoms with E-state index in [1.807, 2.05) is 12.1 Å². The number of benzene rings is 2. The highest BCUT2D eigenvalue weighted by Gasteiger charge is 2.12. The van der Waals surface area contributed by atoms with Crippen LogP contribution in [0, 0.1) is 6.92 Å². The van der Waals surface area contributed by atoms with Gasteiger partial charge in [0.1, 0.15) is 0 Å². The highest BCUT2D eigenvalue weighted by Crippen LogP contribution is 2.34. The van der Waals surface area contributed by atoms with Crippen LogP contribution in [0.2, 0.25) is 0 Å². The summed E-state index contributed by atoms with van der Waals surface area (Å²) in [7, 11) is 0. The van der Waals surface area contributed by atoms with Crippen molar-refractivity contribution in [2.75, 3.05) is 11.9 Å². The van der Waals surface area contributed by atoms with Gasteiger partial charge in [-0.2, -0.15) is 0 Å². The summed E-state index contributed by atoms with van der Waals surface area (Å²) in [5.41, 5.74) is 5.57. The van der Waals surface area contributed by atoms with Crippen molar-refractivity contribution in [3.8, 4) is 11.3 Å². The number of halogens is 1. The summed E-state index contributed by atoms with van der Waals surface area (Å²) >= 11 is 3.55. The maximum Gasteiger partial charge on any atom is 0.0759 e. The van der Waals surface area contributed by atoms with Gasteiger partial charge in [0.2, 0.25) is 0 Å². The molecule has 0 aliphatic heterocycles. The Balaban J connectivity index is 2.32. The van der Waals surface area contributed by atoms with Crippen LogP contribution in [-0.2, 0) is 0 Å². The molecule has 0 fully saturated rings. The summed E-state index contributed by atoms with van der Waals surface area (Å²) < 4.78 is 1.07. The van der Waals surface area contributed by atoms with Crippen molar-refractivity contribution in [1.29, 1.82) is 0 Å². The van der Waals surface area contributed by atoms with Crippen LogP contribution < -0.4 is 5.32 Å². The molecule has 0 aliphatic carbocycles. The third kappa shape index (κ3) is 2.66. The lowest BCUT2D eigenvalue weighted by Crippen LogP contribution is -2.03. The van der Waals surface area contributed by atoms with Crippen molar-refractivity contribution in [3.05, 3.63) is 58.6 Å². The third-order valence-corrected chi connectivity index (χ3v) is 4.08. The molecule has 1 heterocycles. The minimum atomic E-state index is 0.890. The van der Waals surface area contributed by atoms with Gasteiger partial charge >= 0.3 is 0 Å². The zero-order valence-electron chi connectivity index (χ0n) is 12.2. The van der Waals surface area contributed by atoms with Gasteiger partial charge in [0.05, 0.1) is 11.2 Å². The number of anilines is 1. The van der Waals surface area contributed by atoms with Gasteiger partial charge in [-0.15, -0.1) is 0 Å². The van der Waals surface area contributed by atoms with E-state index in [4.69, 9.17) is 4.98 Å². The number of hydrogen-bond donors (Lipinski definition) is 1. The topological polar surface area (TPSA) is 24.9 Å². The van der Waals surface area contributed by atoms with E-state index < -0.39 is 0 Å². The largest absolute Gasteiger partial charge is 0.384 e. The molecular formula is C18H17BrN2. The van der Waals surface area contributed by atoms with Gasteiger partial charge in [0.25, 0.3) is 0 Å². The lowest BCUT2D eigenvalue weighted by atomic mass is 10.0. The minimum absolute atomic E-state index is 0.890. The van der Waals surface area contributed by atoms with Gasteiger partial charge in [-0.1, -0.05) is 46.3 Å². The summed E-state index contributed by atoms with van der Waals surface area (Å²) in [5.74, 6) is 0. The molecule has 2 aromatic carbocycles. The van der Waals surface area contributed by atoms with E-state index in [9.17, 15) is 0 Å². The molecule has 0 bridgehead atoms. The fourth-order valence-corrected chi connectivity index (χ4v) is 2.97. The molecule has 2 nitrogen and oxygen atoms in total. The van der Waals surface area contributed by atoms with E-state index in [1.165, 1.54) is 11.3 Å². The number of nitrogens with one attached hydrogen (secondary N) is 1. The van der Waals surface area contributed by atoms with E-state index in [0.717, 1.165) is 33.2 Å². The molecule has 0 saturated carbocycles. The van der Waals surface area contributed by atoms with Crippen molar-refractivity contribution in [2.24, 2.45) is 0 Å². The van der Waals surface area contributed by atoms with Crippen molar-refractivity contribution in [1.82, 2.24) is 4.98 Å². The van der Waals surface area contributed by atoms with Gasteiger partial charge in [-0.25, -0.2) is 4.98 Å². The molecular weight excluding hydrogens is 324 g/mol. The zero-order chi connectivity index (χ0) is 14.8. The summed E-state index contributed by atoms with van der Waals surface area (Å²) in [6, 6.07) is 16.6. The molecule has 0 saturated heterocycles. The van der Waals surface area contributed by atoms with E-state index >= 15 is 0 Å². The molecule has 0 spiro atoms. The average molecular weight is 341 g/mol. The second-order valence-electron chi connectivity index (χ2n) is 5.02. The molecule has 3 aromatic rings. The van der Waals surface area contributed by atoms with Crippen molar-refractivity contribution >= 4 is 32.5 Å². The van der Waals surface area contributed by atoms with Crippen molar-refractivity contribution < 1.29 is 0 Å². The Morgan fingerprint density at radius 3 is 2.57 bits per heavy atom. The Morgan fingerprint density at radius 1 is 1.10 bits per heavy atom. The van der Waals surface area contributed by atoms with Crippen LogP contribution in [0.25, 0.3) is 22.2 Å². The zero-order valence-corrected chi connectivity index (χ0v) is 13.7. The van der Waals surface area contributed by atoms with Crippen molar-refractivity contribution in [3.63, 3.8) is 0 Å². The third-order valence-electron chi connectivity index (χ3n) is 3.59.